The zero-order chi connectivity index (χ0) is 22.0. The fourth-order valence-electron chi connectivity index (χ4n) is 3.01. The van der Waals surface area contributed by atoms with Crippen molar-refractivity contribution in [2.24, 2.45) is 0 Å². The number of aliphatic carboxylic acids is 1. The third kappa shape index (κ3) is 4.27. The molecule has 30 heavy (non-hydrogen) atoms. The van der Waals surface area contributed by atoms with Crippen LogP contribution in [0.5, 0.6) is 0 Å². The van der Waals surface area contributed by atoms with Crippen LogP contribution in [0.3, 0.4) is 0 Å². The molecule has 2 aliphatic heterocycles. The van der Waals surface area contributed by atoms with Crippen LogP contribution >= 0.6 is 11.8 Å². The first kappa shape index (κ1) is 21.3. The summed E-state index contributed by atoms with van der Waals surface area (Å²) in [4.78, 5) is 58.4. The Morgan fingerprint density at radius 2 is 2.20 bits per heavy atom. The Hall–Kier alpha value is -3.42. The van der Waals surface area contributed by atoms with Gasteiger partial charge in [-0.15, -0.1) is 11.8 Å². The van der Waals surface area contributed by atoms with Crippen molar-refractivity contribution in [2.75, 3.05) is 12.4 Å². The second kappa shape index (κ2) is 8.52. The summed E-state index contributed by atoms with van der Waals surface area (Å²) in [6.07, 6.45) is 2.19. The number of nitrogens with zero attached hydrogens (tertiary/aromatic N) is 4. The van der Waals surface area contributed by atoms with Crippen molar-refractivity contribution < 1.29 is 33.9 Å². The highest BCUT2D eigenvalue weighted by Gasteiger charge is 2.54. The predicted molar refractivity (Wildman–Crippen MR) is 99.8 cm³/mol. The maximum atomic E-state index is 12.5. The van der Waals surface area contributed by atoms with E-state index in [0.717, 1.165) is 11.1 Å². The molecular formula is C16H17N5O8S. The van der Waals surface area contributed by atoms with E-state index in [1.165, 1.54) is 29.6 Å². The van der Waals surface area contributed by atoms with Gasteiger partial charge in [-0.1, -0.05) is 0 Å². The van der Waals surface area contributed by atoms with Crippen LogP contribution in [0, 0.1) is 10.1 Å². The molecule has 0 aliphatic carbocycles. The first-order chi connectivity index (χ1) is 14.2. The smallest absolute Gasteiger partial charge is 0.352 e. The van der Waals surface area contributed by atoms with Crippen molar-refractivity contribution in [1.82, 2.24) is 20.0 Å². The van der Waals surface area contributed by atoms with Gasteiger partial charge in [-0.05, 0) is 0 Å². The molecule has 1 aromatic rings. The summed E-state index contributed by atoms with van der Waals surface area (Å²) >= 11 is 1.25. The van der Waals surface area contributed by atoms with Gasteiger partial charge in [0.05, 0.1) is 4.92 Å². The molecule has 2 atom stereocenters. The molecule has 0 bridgehead atoms. The fourth-order valence-corrected chi connectivity index (χ4v) is 4.34. The number of aromatic nitrogens is 2. The molecule has 0 saturated carbocycles. The van der Waals surface area contributed by atoms with Gasteiger partial charge < -0.3 is 15.2 Å². The molecule has 3 rings (SSSR count). The minimum absolute atomic E-state index is 0.0701. The highest BCUT2D eigenvalue weighted by molar-refractivity contribution is 8.00. The number of carboxylic acids is 1. The number of hydrogen-bond donors (Lipinski definition) is 2. The van der Waals surface area contributed by atoms with Gasteiger partial charge in [-0.3, -0.25) is 34.1 Å². The van der Waals surface area contributed by atoms with Crippen molar-refractivity contribution in [3.8, 4) is 0 Å². The molecule has 1 saturated heterocycles. The second-order valence-electron chi connectivity index (χ2n) is 6.46. The third-order valence-electron chi connectivity index (χ3n) is 4.41. The normalized spacial score (nSPS) is 20.3. The van der Waals surface area contributed by atoms with Gasteiger partial charge in [0.1, 0.15) is 36.1 Å². The molecule has 1 fully saturated rings. The first-order valence-corrected chi connectivity index (χ1v) is 9.73. The van der Waals surface area contributed by atoms with Gasteiger partial charge >= 0.3 is 17.6 Å². The Labute approximate surface area is 173 Å². The van der Waals surface area contributed by atoms with E-state index in [0.29, 0.717) is 5.57 Å². The SMILES string of the molecule is CC(=O)OCC1=C(C(=O)O)N2C(=O)[C@@H](NC(=O)CCn3cc([N+](=O)[O-])cn3)[C@@H]2SC1. The van der Waals surface area contributed by atoms with Crippen molar-refractivity contribution in [3.05, 3.63) is 33.8 Å². The van der Waals surface area contributed by atoms with Gasteiger partial charge in [0.25, 0.3) is 5.91 Å². The second-order valence-corrected chi connectivity index (χ2v) is 7.57. The highest BCUT2D eigenvalue weighted by Crippen LogP contribution is 2.40. The summed E-state index contributed by atoms with van der Waals surface area (Å²) in [6.45, 7) is 1.05. The van der Waals surface area contributed by atoms with E-state index < -0.39 is 40.1 Å². The number of carbonyl (C=O) groups excluding carboxylic acids is 3. The minimum atomic E-state index is -1.32. The fraction of sp³-hybridized carbons (Fsp3) is 0.438. The first-order valence-electron chi connectivity index (χ1n) is 8.68. The lowest BCUT2D eigenvalue weighted by Crippen LogP contribution is -2.70. The molecule has 2 N–H and O–H groups in total. The van der Waals surface area contributed by atoms with Gasteiger partial charge in [-0.25, -0.2) is 4.79 Å². The number of nitro groups is 1. The number of hydrogen-bond acceptors (Lipinski definition) is 9. The number of fused-ring (bicyclic) bond motifs is 1. The van der Waals surface area contributed by atoms with Crippen LogP contribution < -0.4 is 5.32 Å². The monoisotopic (exact) mass is 439 g/mol. The van der Waals surface area contributed by atoms with Crippen LogP contribution in [0.1, 0.15) is 13.3 Å². The number of nitrogens with one attached hydrogen (secondary N) is 1. The molecule has 0 unspecified atom stereocenters. The van der Waals surface area contributed by atoms with Crippen LogP contribution in [-0.2, 0) is 30.5 Å². The summed E-state index contributed by atoms with van der Waals surface area (Å²) < 4.78 is 6.10. The zero-order valence-electron chi connectivity index (χ0n) is 15.6. The molecule has 2 amide bonds. The molecule has 0 aromatic carbocycles. The Kier molecular flexibility index (Phi) is 6.05. The molecule has 14 heteroatoms. The third-order valence-corrected chi connectivity index (χ3v) is 5.75. The van der Waals surface area contributed by atoms with Crippen LogP contribution in [-0.4, -0.2) is 72.2 Å². The van der Waals surface area contributed by atoms with E-state index in [1.807, 2.05) is 0 Å². The van der Waals surface area contributed by atoms with E-state index in [1.54, 1.807) is 0 Å². The minimum Gasteiger partial charge on any atom is -0.477 e. The van der Waals surface area contributed by atoms with Crippen molar-refractivity contribution >= 4 is 41.2 Å². The standard InChI is InChI=1S/C16H17N5O8S/c1-8(22)29-6-9-7-30-15-12(14(24)20(15)13(9)16(25)26)18-11(23)2-3-19-5-10(4-17-19)21(27)28/h4-5,12,15H,2-3,6-7H2,1H3,(H,18,23)(H,25,26)/t12-,15+/m1/s1. The number of aryl methyl sites for hydroxylation is 1. The number of thioether (sulfide) groups is 1. The summed E-state index contributed by atoms with van der Waals surface area (Å²) in [5.41, 5.74) is -0.131. The number of amides is 2. The van der Waals surface area contributed by atoms with Crippen molar-refractivity contribution in [1.29, 1.82) is 0 Å². The van der Waals surface area contributed by atoms with Crippen LogP contribution in [0.25, 0.3) is 0 Å². The average Bonchev–Trinajstić information content (AvgIpc) is 3.17. The predicted octanol–water partition coefficient (Wildman–Crippen LogP) is -0.517. The maximum absolute atomic E-state index is 12.5. The van der Waals surface area contributed by atoms with Crippen molar-refractivity contribution in [2.45, 2.75) is 31.3 Å². The number of ether oxygens (including phenoxy) is 1. The van der Waals surface area contributed by atoms with Crippen molar-refractivity contribution in [3.63, 3.8) is 0 Å². The number of carboxylic acid groups (broad SMARTS) is 1. The number of β-lactam (4-membered cyclic amide) rings is 1. The Balaban J connectivity index is 1.60. The largest absolute Gasteiger partial charge is 0.477 e. The van der Waals surface area contributed by atoms with Gasteiger partial charge in [0.2, 0.25) is 5.91 Å². The zero-order valence-corrected chi connectivity index (χ0v) is 16.5. The van der Waals surface area contributed by atoms with E-state index in [2.05, 4.69) is 10.4 Å². The number of rotatable bonds is 8. The Bertz CT molecular complexity index is 957. The molecule has 3 heterocycles. The number of carbonyl (C=O) groups is 4. The quantitative estimate of drug-likeness (QED) is 0.232. The highest BCUT2D eigenvalue weighted by atomic mass is 32.2. The van der Waals surface area contributed by atoms with Crippen LogP contribution in [0.15, 0.2) is 23.7 Å². The van der Waals surface area contributed by atoms with Gasteiger partial charge in [0, 0.05) is 31.2 Å². The lowest BCUT2D eigenvalue weighted by atomic mass is 10.0. The molecule has 1 aromatic heterocycles. The Morgan fingerprint density at radius 1 is 1.47 bits per heavy atom. The van der Waals surface area contributed by atoms with Gasteiger partial charge in [-0.2, -0.15) is 5.10 Å². The lowest BCUT2D eigenvalue weighted by molar-refractivity contribution is -0.385. The maximum Gasteiger partial charge on any atom is 0.352 e. The van der Waals surface area contributed by atoms with Crippen LogP contribution in [0.4, 0.5) is 5.69 Å². The number of esters is 1. The summed E-state index contributed by atoms with van der Waals surface area (Å²) in [5, 5.41) is 25.9. The summed E-state index contributed by atoms with van der Waals surface area (Å²) in [7, 11) is 0. The molecule has 0 radical (unpaired) electrons. The molecule has 13 nitrogen and oxygen atoms in total. The summed E-state index contributed by atoms with van der Waals surface area (Å²) in [5.74, 6) is -2.71. The van der Waals surface area contributed by atoms with E-state index >= 15 is 0 Å². The molecule has 2 aliphatic rings. The van der Waals surface area contributed by atoms with E-state index in [4.69, 9.17) is 4.74 Å². The molecular weight excluding hydrogens is 422 g/mol. The topological polar surface area (TPSA) is 174 Å². The molecule has 0 spiro atoms. The summed E-state index contributed by atoms with van der Waals surface area (Å²) in [6, 6.07) is -0.890. The van der Waals surface area contributed by atoms with Gasteiger partial charge in [0.15, 0.2) is 0 Å². The Morgan fingerprint density at radius 3 is 2.80 bits per heavy atom. The van der Waals surface area contributed by atoms with E-state index in [9.17, 15) is 34.4 Å². The molecule has 160 valence electrons. The average molecular weight is 439 g/mol. The van der Waals surface area contributed by atoms with Crippen LogP contribution in [0.2, 0.25) is 0 Å². The van der Waals surface area contributed by atoms with E-state index in [-0.39, 0.29) is 36.7 Å². The lowest BCUT2D eigenvalue weighted by Gasteiger charge is -2.49.